The van der Waals surface area contributed by atoms with Crippen molar-refractivity contribution in [3.05, 3.63) is 0 Å². The highest BCUT2D eigenvalue weighted by molar-refractivity contribution is 5.79. The van der Waals surface area contributed by atoms with Crippen molar-refractivity contribution in [3.8, 4) is 0 Å². The van der Waals surface area contributed by atoms with Crippen LogP contribution in [0, 0.1) is 10.8 Å². The maximum atomic E-state index is 14.1. The number of halogens is 3. The third-order valence-electron chi connectivity index (χ3n) is 3.99. The summed E-state index contributed by atoms with van der Waals surface area (Å²) in [6, 6.07) is 0. The lowest BCUT2D eigenvalue weighted by Crippen LogP contribution is -2.60. The van der Waals surface area contributed by atoms with Crippen molar-refractivity contribution >= 4 is 5.97 Å². The Balaban J connectivity index is 6.29. The molecular formula is C16H30F3NO2. The van der Waals surface area contributed by atoms with Gasteiger partial charge in [-0.3, -0.25) is 4.79 Å². The minimum absolute atomic E-state index is 0.168. The van der Waals surface area contributed by atoms with Gasteiger partial charge in [-0.2, -0.15) is 13.2 Å². The van der Waals surface area contributed by atoms with E-state index in [9.17, 15) is 18.0 Å². The van der Waals surface area contributed by atoms with Crippen LogP contribution in [0.15, 0.2) is 0 Å². The fourth-order valence-corrected chi connectivity index (χ4v) is 2.54. The largest absolute Gasteiger partial charge is 0.459 e. The van der Waals surface area contributed by atoms with Crippen LogP contribution in [-0.4, -0.2) is 23.3 Å². The lowest BCUT2D eigenvalue weighted by atomic mass is 9.59. The second kappa shape index (κ2) is 6.02. The van der Waals surface area contributed by atoms with Gasteiger partial charge in [0.2, 0.25) is 0 Å². The van der Waals surface area contributed by atoms with E-state index >= 15 is 0 Å². The SMILES string of the molecule is CCC(C)(C)C(CC(C)(C)N)(C(=O)OC(C)(C)C)C(F)(F)F. The number of carbonyl (C=O) groups excluding carboxylic acids is 1. The third kappa shape index (κ3) is 4.61. The van der Waals surface area contributed by atoms with E-state index in [4.69, 9.17) is 10.5 Å². The Morgan fingerprint density at radius 3 is 1.64 bits per heavy atom. The molecule has 0 amide bonds. The fraction of sp³-hybridized carbons (Fsp3) is 0.938. The zero-order chi connectivity index (χ0) is 18.2. The molecule has 22 heavy (non-hydrogen) atoms. The lowest BCUT2D eigenvalue weighted by molar-refractivity contribution is -0.274. The van der Waals surface area contributed by atoms with Crippen LogP contribution in [0.2, 0.25) is 0 Å². The van der Waals surface area contributed by atoms with Gasteiger partial charge >= 0.3 is 12.1 Å². The molecule has 0 spiro atoms. The molecular weight excluding hydrogens is 295 g/mol. The second-order valence-corrected chi connectivity index (χ2v) is 8.31. The molecule has 1 unspecified atom stereocenters. The molecule has 0 aromatic heterocycles. The number of esters is 1. The van der Waals surface area contributed by atoms with Gasteiger partial charge in [0.25, 0.3) is 0 Å². The van der Waals surface area contributed by atoms with Gasteiger partial charge in [-0.15, -0.1) is 0 Å². The molecule has 0 aromatic carbocycles. The molecule has 3 nitrogen and oxygen atoms in total. The Kier molecular flexibility index (Phi) is 5.81. The molecule has 0 rings (SSSR count). The van der Waals surface area contributed by atoms with Crippen molar-refractivity contribution in [3.63, 3.8) is 0 Å². The van der Waals surface area contributed by atoms with E-state index in [1.807, 2.05) is 0 Å². The van der Waals surface area contributed by atoms with Crippen molar-refractivity contribution < 1.29 is 22.7 Å². The van der Waals surface area contributed by atoms with Crippen LogP contribution in [0.5, 0.6) is 0 Å². The Bertz CT molecular complexity index is 403. The van der Waals surface area contributed by atoms with Gasteiger partial charge in [-0.1, -0.05) is 20.8 Å². The highest BCUT2D eigenvalue weighted by Gasteiger charge is 2.69. The van der Waals surface area contributed by atoms with Crippen molar-refractivity contribution in [2.24, 2.45) is 16.6 Å². The molecule has 132 valence electrons. The van der Waals surface area contributed by atoms with Gasteiger partial charge in [-0.25, -0.2) is 0 Å². The smallest absolute Gasteiger partial charge is 0.405 e. The van der Waals surface area contributed by atoms with E-state index in [0.29, 0.717) is 0 Å². The summed E-state index contributed by atoms with van der Waals surface area (Å²) >= 11 is 0. The molecule has 0 aromatic rings. The van der Waals surface area contributed by atoms with Crippen LogP contribution < -0.4 is 5.73 Å². The number of hydrogen-bond acceptors (Lipinski definition) is 3. The average Bonchev–Trinajstić information content (AvgIpc) is 2.19. The summed E-state index contributed by atoms with van der Waals surface area (Å²) in [5.74, 6) is -1.25. The number of nitrogens with two attached hydrogens (primary N) is 1. The van der Waals surface area contributed by atoms with E-state index in [2.05, 4.69) is 0 Å². The first-order valence-corrected chi connectivity index (χ1v) is 7.49. The first kappa shape index (κ1) is 21.2. The fourth-order valence-electron chi connectivity index (χ4n) is 2.54. The molecule has 0 aliphatic heterocycles. The summed E-state index contributed by atoms with van der Waals surface area (Å²) in [4.78, 5) is 12.6. The van der Waals surface area contributed by atoms with Crippen molar-refractivity contribution in [2.75, 3.05) is 0 Å². The summed E-state index contributed by atoms with van der Waals surface area (Å²) in [6.45, 7) is 12.2. The number of ether oxygens (including phenoxy) is 1. The monoisotopic (exact) mass is 325 g/mol. The maximum absolute atomic E-state index is 14.1. The zero-order valence-electron chi connectivity index (χ0n) is 14.9. The van der Waals surface area contributed by atoms with E-state index in [1.165, 1.54) is 27.7 Å². The average molecular weight is 325 g/mol. The molecule has 0 heterocycles. The molecule has 0 aliphatic carbocycles. The minimum Gasteiger partial charge on any atom is -0.459 e. The molecule has 2 N–H and O–H groups in total. The predicted octanol–water partition coefficient (Wildman–Crippen LogP) is 4.44. The summed E-state index contributed by atoms with van der Waals surface area (Å²) in [5.41, 5.74) is -0.304. The molecule has 0 radical (unpaired) electrons. The Labute approximate surface area is 131 Å². The zero-order valence-corrected chi connectivity index (χ0v) is 14.9. The van der Waals surface area contributed by atoms with E-state index < -0.39 is 40.5 Å². The highest BCUT2D eigenvalue weighted by Crippen LogP contribution is 2.57. The highest BCUT2D eigenvalue weighted by atomic mass is 19.4. The van der Waals surface area contributed by atoms with E-state index in [0.717, 1.165) is 0 Å². The maximum Gasteiger partial charge on any atom is 0.405 e. The first-order valence-electron chi connectivity index (χ1n) is 7.49. The Morgan fingerprint density at radius 1 is 1.00 bits per heavy atom. The molecule has 0 saturated heterocycles. The summed E-state index contributed by atoms with van der Waals surface area (Å²) < 4.78 is 47.3. The second-order valence-electron chi connectivity index (χ2n) is 8.31. The van der Waals surface area contributed by atoms with Crippen LogP contribution in [0.3, 0.4) is 0 Å². The third-order valence-corrected chi connectivity index (χ3v) is 3.99. The summed E-state index contributed by atoms with van der Waals surface area (Å²) in [7, 11) is 0. The quantitative estimate of drug-likeness (QED) is 0.760. The van der Waals surface area contributed by atoms with Crippen molar-refractivity contribution in [1.29, 1.82) is 0 Å². The molecule has 6 heteroatoms. The topological polar surface area (TPSA) is 52.3 Å². The molecule has 0 fully saturated rings. The molecule has 0 aliphatic rings. The number of rotatable bonds is 5. The van der Waals surface area contributed by atoms with Gasteiger partial charge in [0.15, 0.2) is 5.41 Å². The molecule has 0 saturated carbocycles. The van der Waals surface area contributed by atoms with Gasteiger partial charge < -0.3 is 10.5 Å². The standard InChI is InChI=1S/C16H30F3NO2/c1-9-13(5,6)15(16(17,18)19,10-14(7,8)20)11(21)22-12(2,3)4/h9-10,20H2,1-8H3. The van der Waals surface area contributed by atoms with Gasteiger partial charge in [0.05, 0.1) is 0 Å². The van der Waals surface area contributed by atoms with E-state index in [-0.39, 0.29) is 6.42 Å². The van der Waals surface area contributed by atoms with Crippen LogP contribution in [0.25, 0.3) is 0 Å². The lowest BCUT2D eigenvalue weighted by Gasteiger charge is -2.48. The normalized spacial score (nSPS) is 17.1. The summed E-state index contributed by atoms with van der Waals surface area (Å²) in [6.07, 6.45) is -5.12. The minimum atomic E-state index is -4.76. The number of carbonyl (C=O) groups is 1. The van der Waals surface area contributed by atoms with Crippen molar-refractivity contribution in [1.82, 2.24) is 0 Å². The summed E-state index contributed by atoms with van der Waals surface area (Å²) in [5, 5.41) is 0. The van der Waals surface area contributed by atoms with Crippen molar-refractivity contribution in [2.45, 2.75) is 85.5 Å². The van der Waals surface area contributed by atoms with Crippen LogP contribution >= 0.6 is 0 Å². The molecule has 0 bridgehead atoms. The van der Waals surface area contributed by atoms with Gasteiger partial charge in [0, 0.05) is 5.54 Å². The number of hydrogen-bond donors (Lipinski definition) is 1. The van der Waals surface area contributed by atoms with Crippen LogP contribution in [-0.2, 0) is 9.53 Å². The molecule has 1 atom stereocenters. The van der Waals surface area contributed by atoms with Crippen LogP contribution in [0.4, 0.5) is 13.2 Å². The van der Waals surface area contributed by atoms with Gasteiger partial charge in [0.1, 0.15) is 5.60 Å². The first-order chi connectivity index (χ1) is 9.40. The van der Waals surface area contributed by atoms with Crippen LogP contribution in [0.1, 0.15) is 68.2 Å². The number of alkyl halides is 3. The predicted molar refractivity (Wildman–Crippen MR) is 81.3 cm³/mol. The Hall–Kier alpha value is -0.780. The Morgan fingerprint density at radius 2 is 1.41 bits per heavy atom. The van der Waals surface area contributed by atoms with Gasteiger partial charge in [-0.05, 0) is 52.9 Å². The van der Waals surface area contributed by atoms with E-state index in [1.54, 1.807) is 27.7 Å².